The number of ether oxygens (including phenoxy) is 1. The Hall–Kier alpha value is -2.72. The molecule has 1 aromatic carbocycles. The molecule has 2 aliphatic rings. The molecule has 1 saturated heterocycles. The van der Waals surface area contributed by atoms with Crippen molar-refractivity contribution >= 4 is 51.0 Å². The number of hydrogen-bond acceptors (Lipinski definition) is 7. The van der Waals surface area contributed by atoms with Gasteiger partial charge in [-0.15, -0.1) is 11.3 Å². The van der Waals surface area contributed by atoms with Gasteiger partial charge in [-0.2, -0.15) is 0 Å². The van der Waals surface area contributed by atoms with Crippen molar-refractivity contribution in [3.05, 3.63) is 50.4 Å². The quantitative estimate of drug-likeness (QED) is 0.289. The fourth-order valence-electron chi connectivity index (χ4n) is 4.45. The number of nitro groups is 1. The first kappa shape index (κ1) is 23.4. The van der Waals surface area contributed by atoms with Crippen LogP contribution < -0.4 is 10.2 Å². The number of carbonyl (C=O) groups is 1. The Morgan fingerprint density at radius 1 is 1.09 bits per heavy atom. The molecule has 0 amide bonds. The summed E-state index contributed by atoms with van der Waals surface area (Å²) in [5.41, 5.74) is 2.82. The number of non-ortho nitro benzene ring substituents is 1. The summed E-state index contributed by atoms with van der Waals surface area (Å²) in [5, 5.41) is 15.6. The predicted octanol–water partition coefficient (Wildman–Crippen LogP) is 4.62. The Morgan fingerprint density at radius 2 is 1.76 bits per heavy atom. The number of rotatable bonds is 4. The fourth-order valence-corrected chi connectivity index (χ4v) is 6.08. The maximum Gasteiger partial charge on any atom is 0.341 e. The summed E-state index contributed by atoms with van der Waals surface area (Å²) in [6.45, 7) is 2.96. The summed E-state index contributed by atoms with van der Waals surface area (Å²) >= 11 is 7.34. The van der Waals surface area contributed by atoms with Gasteiger partial charge in [0, 0.05) is 48.9 Å². The van der Waals surface area contributed by atoms with E-state index in [2.05, 4.69) is 15.1 Å². The first-order valence-corrected chi connectivity index (χ1v) is 12.5. The van der Waals surface area contributed by atoms with Crippen molar-refractivity contribution in [3.63, 3.8) is 0 Å². The van der Waals surface area contributed by atoms with Crippen LogP contribution in [-0.4, -0.2) is 54.2 Å². The van der Waals surface area contributed by atoms with E-state index in [1.807, 2.05) is 0 Å². The Morgan fingerprint density at radius 3 is 2.39 bits per heavy atom. The number of carbonyl (C=O) groups excluding carboxylic acids is 1. The van der Waals surface area contributed by atoms with Crippen molar-refractivity contribution in [1.82, 2.24) is 4.90 Å². The minimum Gasteiger partial charge on any atom is -0.465 e. The van der Waals surface area contributed by atoms with Gasteiger partial charge in [-0.05, 0) is 55.6 Å². The van der Waals surface area contributed by atoms with Crippen LogP contribution in [0, 0.1) is 10.1 Å². The lowest BCUT2D eigenvalue weighted by Crippen LogP contribution is -2.50. The summed E-state index contributed by atoms with van der Waals surface area (Å²) in [7, 11) is 1.43. The topological polar surface area (TPSA) is 88.0 Å². The van der Waals surface area contributed by atoms with Gasteiger partial charge in [-0.3, -0.25) is 10.1 Å². The molecule has 0 unspecified atom stereocenters. The summed E-state index contributed by atoms with van der Waals surface area (Å²) in [6.07, 6.45) is 6.54. The second-order valence-corrected chi connectivity index (χ2v) is 9.78. The van der Waals surface area contributed by atoms with Gasteiger partial charge in [0.1, 0.15) is 5.00 Å². The summed E-state index contributed by atoms with van der Waals surface area (Å²) in [6, 6.07) is 6.64. The molecule has 1 N–H and O–H groups in total. The van der Waals surface area contributed by atoms with E-state index < -0.39 is 0 Å². The zero-order chi connectivity index (χ0) is 23.4. The Labute approximate surface area is 202 Å². The summed E-state index contributed by atoms with van der Waals surface area (Å²) in [4.78, 5) is 28.7. The smallest absolute Gasteiger partial charge is 0.341 e. The van der Waals surface area contributed by atoms with Crippen molar-refractivity contribution < 1.29 is 14.5 Å². The maximum absolute atomic E-state index is 12.6. The number of nitro benzene ring substituents is 1. The standard InChI is InChI=1S/C23H28N4O4S2/c1-31-22(28)20-18-6-4-2-3-5-7-19(18)33-21(20)24-23(32)26-14-12-25(13-15-26)16-8-10-17(11-9-16)27(29)30/h8-11H,2-7,12-15H2,1H3,(H,24,32). The van der Waals surface area contributed by atoms with E-state index in [0.29, 0.717) is 10.7 Å². The van der Waals surface area contributed by atoms with E-state index in [0.717, 1.165) is 68.1 Å². The Kier molecular flexibility index (Phi) is 7.44. The zero-order valence-electron chi connectivity index (χ0n) is 18.7. The van der Waals surface area contributed by atoms with Crippen LogP contribution in [0.2, 0.25) is 0 Å². The maximum atomic E-state index is 12.6. The molecule has 2 aromatic rings. The predicted molar refractivity (Wildman–Crippen MR) is 135 cm³/mol. The third-order valence-corrected chi connectivity index (χ3v) is 7.84. The van der Waals surface area contributed by atoms with E-state index >= 15 is 0 Å². The van der Waals surface area contributed by atoms with Crippen LogP contribution in [0.3, 0.4) is 0 Å². The normalized spacial score (nSPS) is 16.4. The van der Waals surface area contributed by atoms with Gasteiger partial charge in [-0.25, -0.2) is 4.79 Å². The monoisotopic (exact) mass is 488 g/mol. The number of nitrogens with one attached hydrogen (secondary N) is 1. The lowest BCUT2D eigenvalue weighted by molar-refractivity contribution is -0.384. The Balaban J connectivity index is 1.43. The highest BCUT2D eigenvalue weighted by molar-refractivity contribution is 7.80. The lowest BCUT2D eigenvalue weighted by Gasteiger charge is -2.37. The number of hydrogen-bond donors (Lipinski definition) is 1. The molecule has 0 atom stereocenters. The van der Waals surface area contributed by atoms with Crippen molar-refractivity contribution in [2.75, 3.05) is 43.5 Å². The second kappa shape index (κ2) is 10.5. The van der Waals surface area contributed by atoms with Crippen LogP contribution in [0.1, 0.15) is 46.5 Å². The fraction of sp³-hybridized carbons (Fsp3) is 0.478. The van der Waals surface area contributed by atoms with Gasteiger partial charge in [0.2, 0.25) is 0 Å². The van der Waals surface area contributed by atoms with E-state index in [4.69, 9.17) is 17.0 Å². The van der Waals surface area contributed by atoms with Crippen molar-refractivity contribution in [2.24, 2.45) is 0 Å². The van der Waals surface area contributed by atoms with E-state index in [-0.39, 0.29) is 16.6 Å². The highest BCUT2D eigenvalue weighted by atomic mass is 32.1. The molecule has 8 nitrogen and oxygen atoms in total. The van der Waals surface area contributed by atoms with Gasteiger partial charge >= 0.3 is 5.97 Å². The van der Waals surface area contributed by atoms with Gasteiger partial charge in [-0.1, -0.05) is 12.8 Å². The van der Waals surface area contributed by atoms with Gasteiger partial charge in [0.15, 0.2) is 5.11 Å². The molecule has 176 valence electrons. The van der Waals surface area contributed by atoms with E-state index in [1.165, 1.54) is 37.0 Å². The number of anilines is 2. The van der Waals surface area contributed by atoms with Crippen LogP contribution in [0.5, 0.6) is 0 Å². The first-order valence-electron chi connectivity index (χ1n) is 11.3. The molecule has 0 radical (unpaired) electrons. The number of nitrogens with zero attached hydrogens (tertiary/aromatic N) is 3. The van der Waals surface area contributed by atoms with Gasteiger partial charge in [0.25, 0.3) is 5.69 Å². The molecular weight excluding hydrogens is 460 g/mol. The molecule has 2 heterocycles. The number of thiophene rings is 1. The average molecular weight is 489 g/mol. The van der Waals surface area contributed by atoms with Crippen LogP contribution in [0.15, 0.2) is 24.3 Å². The summed E-state index contributed by atoms with van der Waals surface area (Å²) < 4.78 is 5.11. The highest BCUT2D eigenvalue weighted by Gasteiger charge is 2.27. The number of piperazine rings is 1. The molecule has 0 bridgehead atoms. The van der Waals surface area contributed by atoms with E-state index in [9.17, 15) is 14.9 Å². The van der Waals surface area contributed by atoms with Crippen LogP contribution in [0.4, 0.5) is 16.4 Å². The molecule has 1 aromatic heterocycles. The minimum atomic E-state index is -0.389. The molecule has 10 heteroatoms. The first-order chi connectivity index (χ1) is 16.0. The zero-order valence-corrected chi connectivity index (χ0v) is 20.3. The van der Waals surface area contributed by atoms with E-state index in [1.54, 1.807) is 23.5 Å². The largest absolute Gasteiger partial charge is 0.465 e. The van der Waals surface area contributed by atoms with Crippen LogP contribution >= 0.6 is 23.6 Å². The molecule has 1 fully saturated rings. The summed E-state index contributed by atoms with van der Waals surface area (Å²) in [5.74, 6) is -0.304. The third-order valence-electron chi connectivity index (χ3n) is 6.27. The highest BCUT2D eigenvalue weighted by Crippen LogP contribution is 2.37. The molecule has 0 spiro atoms. The van der Waals surface area contributed by atoms with Gasteiger partial charge in [0.05, 0.1) is 17.6 Å². The number of benzene rings is 1. The molecule has 33 heavy (non-hydrogen) atoms. The molecule has 0 saturated carbocycles. The van der Waals surface area contributed by atoms with Crippen molar-refractivity contribution in [3.8, 4) is 0 Å². The molecule has 1 aliphatic carbocycles. The number of aryl methyl sites for hydroxylation is 1. The number of esters is 1. The second-order valence-electron chi connectivity index (χ2n) is 8.29. The lowest BCUT2D eigenvalue weighted by atomic mass is 9.96. The average Bonchev–Trinajstić information content (AvgIpc) is 3.14. The minimum absolute atomic E-state index is 0.0919. The van der Waals surface area contributed by atoms with Crippen LogP contribution in [-0.2, 0) is 17.6 Å². The number of thiocarbonyl (C=S) groups is 1. The van der Waals surface area contributed by atoms with Crippen LogP contribution in [0.25, 0.3) is 0 Å². The van der Waals surface area contributed by atoms with Gasteiger partial charge < -0.3 is 19.9 Å². The number of fused-ring (bicyclic) bond motifs is 1. The third kappa shape index (κ3) is 5.27. The van der Waals surface area contributed by atoms with Crippen molar-refractivity contribution in [2.45, 2.75) is 38.5 Å². The molecule has 1 aliphatic heterocycles. The molecular formula is C23H28N4O4S2. The van der Waals surface area contributed by atoms with Crippen molar-refractivity contribution in [1.29, 1.82) is 0 Å². The number of methoxy groups -OCH3 is 1. The SMILES string of the molecule is COC(=O)c1c(NC(=S)N2CCN(c3ccc([N+](=O)[O-])cc3)CC2)sc2c1CCCCCC2. The molecule has 4 rings (SSSR count). The Bertz CT molecular complexity index is 1030.